The van der Waals surface area contributed by atoms with Crippen LogP contribution in [0.1, 0.15) is 12.5 Å². The predicted molar refractivity (Wildman–Crippen MR) is 87.1 cm³/mol. The third-order valence-corrected chi connectivity index (χ3v) is 4.01. The maximum atomic E-state index is 12.2. The van der Waals surface area contributed by atoms with Crippen molar-refractivity contribution >= 4 is 23.4 Å². The molecule has 3 rings (SSSR count). The fraction of sp³-hybridized carbons (Fsp3) is 0.188. The van der Waals surface area contributed by atoms with Gasteiger partial charge in [0, 0.05) is 5.69 Å². The Balaban J connectivity index is 1.62. The molecule has 3 aromatic rings. The number of anilines is 1. The summed E-state index contributed by atoms with van der Waals surface area (Å²) in [7, 11) is 0. The summed E-state index contributed by atoms with van der Waals surface area (Å²) in [5, 5.41) is 10.6. The van der Waals surface area contributed by atoms with E-state index in [0.29, 0.717) is 16.9 Å². The number of furan rings is 1. The first-order chi connectivity index (χ1) is 11.1. The average molecular weight is 329 g/mol. The van der Waals surface area contributed by atoms with Crippen LogP contribution in [0.4, 0.5) is 5.69 Å². The van der Waals surface area contributed by atoms with Crippen molar-refractivity contribution in [3.63, 3.8) is 0 Å². The van der Waals surface area contributed by atoms with E-state index in [1.165, 1.54) is 18.0 Å². The first kappa shape index (κ1) is 15.4. The van der Waals surface area contributed by atoms with Crippen LogP contribution in [0.3, 0.4) is 0 Å². The minimum Gasteiger partial charge on any atom is -0.459 e. The van der Waals surface area contributed by atoms with Gasteiger partial charge in [-0.2, -0.15) is 0 Å². The van der Waals surface area contributed by atoms with Crippen LogP contribution < -0.4 is 5.32 Å². The minimum absolute atomic E-state index is 0.127. The number of amides is 1. The lowest BCUT2D eigenvalue weighted by atomic mass is 10.2. The van der Waals surface area contributed by atoms with E-state index in [4.69, 9.17) is 8.83 Å². The fourth-order valence-electron chi connectivity index (χ4n) is 1.93. The normalized spacial score (nSPS) is 12.1. The third-order valence-electron chi connectivity index (χ3n) is 3.07. The molecule has 0 aliphatic heterocycles. The Bertz CT molecular complexity index is 799. The summed E-state index contributed by atoms with van der Waals surface area (Å²) in [6, 6.07) is 11.1. The van der Waals surface area contributed by atoms with Crippen LogP contribution in [0.25, 0.3) is 11.7 Å². The zero-order chi connectivity index (χ0) is 16.2. The molecule has 1 atom stereocenters. The number of aromatic nitrogens is 2. The van der Waals surface area contributed by atoms with Crippen molar-refractivity contribution in [3.8, 4) is 11.7 Å². The van der Waals surface area contributed by atoms with E-state index in [1.807, 2.05) is 31.2 Å². The van der Waals surface area contributed by atoms with E-state index in [2.05, 4.69) is 15.5 Å². The number of nitrogens with one attached hydrogen (secondary N) is 1. The van der Waals surface area contributed by atoms with E-state index in [0.717, 1.165) is 11.3 Å². The molecule has 0 saturated heterocycles. The van der Waals surface area contributed by atoms with Crippen molar-refractivity contribution in [2.45, 2.75) is 24.3 Å². The van der Waals surface area contributed by atoms with Gasteiger partial charge in [0.15, 0.2) is 5.76 Å². The second kappa shape index (κ2) is 6.70. The molecule has 1 aromatic carbocycles. The zero-order valence-electron chi connectivity index (χ0n) is 12.6. The minimum atomic E-state index is -0.375. The third kappa shape index (κ3) is 3.81. The molecule has 7 heteroatoms. The van der Waals surface area contributed by atoms with E-state index in [9.17, 15) is 4.79 Å². The summed E-state index contributed by atoms with van der Waals surface area (Å²) >= 11 is 1.20. The second-order valence-corrected chi connectivity index (χ2v) is 6.26. The Morgan fingerprint density at radius 3 is 2.87 bits per heavy atom. The van der Waals surface area contributed by atoms with E-state index < -0.39 is 0 Å². The Hall–Kier alpha value is -2.54. The van der Waals surface area contributed by atoms with E-state index >= 15 is 0 Å². The number of carbonyl (C=O) groups excluding carboxylic acids is 1. The molecule has 0 aliphatic carbocycles. The van der Waals surface area contributed by atoms with Gasteiger partial charge in [-0.1, -0.05) is 23.9 Å². The van der Waals surface area contributed by atoms with Crippen molar-refractivity contribution in [1.82, 2.24) is 10.2 Å². The van der Waals surface area contributed by atoms with Gasteiger partial charge in [0.2, 0.25) is 5.91 Å². The lowest BCUT2D eigenvalue weighted by Crippen LogP contribution is -2.22. The van der Waals surface area contributed by atoms with Crippen LogP contribution >= 0.6 is 11.8 Å². The summed E-state index contributed by atoms with van der Waals surface area (Å²) in [5.41, 5.74) is 1.85. The van der Waals surface area contributed by atoms with Gasteiger partial charge in [-0.15, -0.1) is 10.2 Å². The van der Waals surface area contributed by atoms with Crippen molar-refractivity contribution in [2.75, 3.05) is 5.32 Å². The molecule has 0 bridgehead atoms. The van der Waals surface area contributed by atoms with Crippen molar-refractivity contribution in [2.24, 2.45) is 0 Å². The van der Waals surface area contributed by atoms with Gasteiger partial charge in [0.05, 0.1) is 11.5 Å². The summed E-state index contributed by atoms with van der Waals surface area (Å²) in [6.07, 6.45) is 1.53. The molecule has 0 unspecified atom stereocenters. The lowest BCUT2D eigenvalue weighted by molar-refractivity contribution is -0.115. The standard InChI is InChI=1S/C16H15N3O3S/c1-10-5-3-6-12(9-10)17-14(20)11(2)23-16-19-18-15(22-16)13-7-4-8-21-13/h3-9,11H,1-2H3,(H,17,20)/t11-/m0/s1. The topological polar surface area (TPSA) is 81.2 Å². The molecule has 6 nitrogen and oxygen atoms in total. The lowest BCUT2D eigenvalue weighted by Gasteiger charge is -2.10. The average Bonchev–Trinajstić information content (AvgIpc) is 3.17. The summed E-state index contributed by atoms with van der Waals surface area (Å²) < 4.78 is 10.7. The van der Waals surface area contributed by atoms with E-state index in [-0.39, 0.29) is 11.2 Å². The van der Waals surface area contributed by atoms with Crippen molar-refractivity contribution in [3.05, 3.63) is 48.2 Å². The highest BCUT2D eigenvalue weighted by Crippen LogP contribution is 2.26. The molecule has 0 spiro atoms. The molecule has 23 heavy (non-hydrogen) atoms. The number of aryl methyl sites for hydroxylation is 1. The molecule has 118 valence electrons. The number of carbonyl (C=O) groups is 1. The molecular weight excluding hydrogens is 314 g/mol. The molecule has 0 saturated carbocycles. The summed E-state index contributed by atoms with van der Waals surface area (Å²) in [4.78, 5) is 12.2. The molecule has 0 fully saturated rings. The number of hydrogen-bond acceptors (Lipinski definition) is 6. The van der Waals surface area contributed by atoms with Crippen LogP contribution in [-0.2, 0) is 4.79 Å². The van der Waals surface area contributed by atoms with Crippen LogP contribution in [-0.4, -0.2) is 21.4 Å². The highest BCUT2D eigenvalue weighted by molar-refractivity contribution is 8.00. The van der Waals surface area contributed by atoms with Gasteiger partial charge in [-0.05, 0) is 43.7 Å². The molecule has 0 aliphatic rings. The Kier molecular flexibility index (Phi) is 4.47. The maximum Gasteiger partial charge on any atom is 0.284 e. The summed E-state index contributed by atoms with van der Waals surface area (Å²) in [5.74, 6) is 0.670. The maximum absolute atomic E-state index is 12.2. The SMILES string of the molecule is Cc1cccc(NC(=O)[C@H](C)Sc2nnc(-c3ccco3)o2)c1. The number of benzene rings is 1. The number of nitrogens with zero attached hydrogens (tertiary/aromatic N) is 2. The first-order valence-electron chi connectivity index (χ1n) is 7.03. The molecule has 0 radical (unpaired) electrons. The molecule has 2 heterocycles. The second-order valence-electron chi connectivity index (χ2n) is 4.97. The van der Waals surface area contributed by atoms with Crippen LogP contribution in [0, 0.1) is 6.92 Å². The van der Waals surface area contributed by atoms with Crippen LogP contribution in [0.5, 0.6) is 0 Å². The van der Waals surface area contributed by atoms with E-state index in [1.54, 1.807) is 19.1 Å². The van der Waals surface area contributed by atoms with Gasteiger partial charge >= 0.3 is 0 Å². The van der Waals surface area contributed by atoms with Crippen molar-refractivity contribution < 1.29 is 13.6 Å². The largest absolute Gasteiger partial charge is 0.459 e. The van der Waals surface area contributed by atoms with Gasteiger partial charge in [0.25, 0.3) is 11.1 Å². The van der Waals surface area contributed by atoms with Crippen LogP contribution in [0.15, 0.2) is 56.7 Å². The first-order valence-corrected chi connectivity index (χ1v) is 7.91. The van der Waals surface area contributed by atoms with Crippen molar-refractivity contribution in [1.29, 1.82) is 0 Å². The van der Waals surface area contributed by atoms with Gasteiger partial charge < -0.3 is 14.2 Å². The Morgan fingerprint density at radius 1 is 1.26 bits per heavy atom. The monoisotopic (exact) mass is 329 g/mol. The highest BCUT2D eigenvalue weighted by Gasteiger charge is 2.19. The summed E-state index contributed by atoms with van der Waals surface area (Å²) in [6.45, 7) is 3.76. The Morgan fingerprint density at radius 2 is 2.13 bits per heavy atom. The molecule has 2 aromatic heterocycles. The number of thioether (sulfide) groups is 1. The number of hydrogen-bond donors (Lipinski definition) is 1. The zero-order valence-corrected chi connectivity index (χ0v) is 13.5. The smallest absolute Gasteiger partial charge is 0.284 e. The number of rotatable bonds is 5. The van der Waals surface area contributed by atoms with Gasteiger partial charge in [0.1, 0.15) is 0 Å². The highest BCUT2D eigenvalue weighted by atomic mass is 32.2. The van der Waals surface area contributed by atoms with Crippen LogP contribution in [0.2, 0.25) is 0 Å². The fourth-order valence-corrected chi connectivity index (χ4v) is 2.61. The Labute approximate surface area is 137 Å². The molecular formula is C16H15N3O3S. The van der Waals surface area contributed by atoms with Gasteiger partial charge in [-0.3, -0.25) is 4.79 Å². The molecule has 1 N–H and O–H groups in total. The molecule has 1 amide bonds. The van der Waals surface area contributed by atoms with Gasteiger partial charge in [-0.25, -0.2) is 0 Å². The predicted octanol–water partition coefficient (Wildman–Crippen LogP) is 3.76. The quantitative estimate of drug-likeness (QED) is 0.718.